The van der Waals surface area contributed by atoms with Crippen LogP contribution in [0.4, 0.5) is 0 Å². The standard InChI is InChI=1S/C12H24N2O3S/c15-11-10-13-6-3-7-14(9-8-13)18(16,17)12-4-1-2-5-12/h12,15H,1-11H2. The van der Waals surface area contributed by atoms with E-state index in [9.17, 15) is 8.42 Å². The van der Waals surface area contributed by atoms with Crippen molar-refractivity contribution in [3.63, 3.8) is 0 Å². The summed E-state index contributed by atoms with van der Waals surface area (Å²) in [6.45, 7) is 3.65. The van der Waals surface area contributed by atoms with Crippen molar-refractivity contribution >= 4 is 10.0 Å². The highest BCUT2D eigenvalue weighted by molar-refractivity contribution is 7.89. The number of sulfonamides is 1. The van der Waals surface area contributed by atoms with Gasteiger partial charge in [0.05, 0.1) is 11.9 Å². The molecule has 2 aliphatic rings. The third-order valence-corrected chi connectivity index (χ3v) is 6.45. The SMILES string of the molecule is O=S(=O)(C1CCCC1)N1CCCN(CCO)CC1. The first-order valence-electron chi connectivity index (χ1n) is 6.97. The van der Waals surface area contributed by atoms with E-state index in [0.29, 0.717) is 19.6 Å². The summed E-state index contributed by atoms with van der Waals surface area (Å²) in [5.41, 5.74) is 0. The van der Waals surface area contributed by atoms with Crippen LogP contribution in [0.5, 0.6) is 0 Å². The Morgan fingerprint density at radius 3 is 2.39 bits per heavy atom. The Morgan fingerprint density at radius 2 is 1.72 bits per heavy atom. The van der Waals surface area contributed by atoms with Crippen LogP contribution in [0, 0.1) is 0 Å². The van der Waals surface area contributed by atoms with Crippen molar-refractivity contribution in [3.05, 3.63) is 0 Å². The van der Waals surface area contributed by atoms with Crippen molar-refractivity contribution in [1.29, 1.82) is 0 Å². The number of aliphatic hydroxyl groups excluding tert-OH is 1. The number of hydrogen-bond acceptors (Lipinski definition) is 4. The first kappa shape index (κ1) is 14.2. The molecule has 2 rings (SSSR count). The van der Waals surface area contributed by atoms with Crippen molar-refractivity contribution in [3.8, 4) is 0 Å². The van der Waals surface area contributed by atoms with Gasteiger partial charge in [0.25, 0.3) is 0 Å². The molecule has 6 heteroatoms. The zero-order chi connectivity index (χ0) is 13.0. The van der Waals surface area contributed by atoms with Crippen LogP contribution in [0.1, 0.15) is 32.1 Å². The number of nitrogens with zero attached hydrogens (tertiary/aromatic N) is 2. The van der Waals surface area contributed by atoms with E-state index in [1.807, 2.05) is 0 Å². The smallest absolute Gasteiger partial charge is 0.217 e. The average molecular weight is 276 g/mol. The van der Waals surface area contributed by atoms with Gasteiger partial charge >= 0.3 is 0 Å². The Labute approximate surface area is 110 Å². The molecule has 1 saturated heterocycles. The van der Waals surface area contributed by atoms with Crippen LogP contribution >= 0.6 is 0 Å². The second-order valence-electron chi connectivity index (χ2n) is 5.27. The third kappa shape index (κ3) is 3.23. The molecule has 5 nitrogen and oxygen atoms in total. The molecule has 0 bridgehead atoms. The van der Waals surface area contributed by atoms with Gasteiger partial charge in [-0.2, -0.15) is 0 Å². The summed E-state index contributed by atoms with van der Waals surface area (Å²) in [6, 6.07) is 0. The Kier molecular flexibility index (Phi) is 5.00. The molecule has 0 unspecified atom stereocenters. The van der Waals surface area contributed by atoms with Gasteiger partial charge < -0.3 is 5.11 Å². The lowest BCUT2D eigenvalue weighted by Gasteiger charge is -2.24. The minimum Gasteiger partial charge on any atom is -0.395 e. The molecule has 2 fully saturated rings. The normalized spacial score (nSPS) is 25.4. The molecule has 1 aliphatic carbocycles. The Morgan fingerprint density at radius 1 is 1.00 bits per heavy atom. The molecule has 0 aromatic heterocycles. The van der Waals surface area contributed by atoms with Crippen LogP contribution in [-0.4, -0.2) is 67.3 Å². The largest absolute Gasteiger partial charge is 0.395 e. The van der Waals surface area contributed by atoms with Gasteiger partial charge in [-0.05, 0) is 25.8 Å². The zero-order valence-corrected chi connectivity index (χ0v) is 11.7. The molecular weight excluding hydrogens is 252 g/mol. The average Bonchev–Trinajstić information content (AvgIpc) is 2.78. The van der Waals surface area contributed by atoms with Gasteiger partial charge in [-0.15, -0.1) is 0 Å². The highest BCUT2D eigenvalue weighted by Crippen LogP contribution is 2.27. The minimum absolute atomic E-state index is 0.137. The molecule has 0 radical (unpaired) electrons. The van der Waals surface area contributed by atoms with Gasteiger partial charge in [0.1, 0.15) is 0 Å². The summed E-state index contributed by atoms with van der Waals surface area (Å²) in [7, 11) is -3.08. The highest BCUT2D eigenvalue weighted by Gasteiger charge is 2.34. The summed E-state index contributed by atoms with van der Waals surface area (Å²) in [5, 5.41) is 8.80. The van der Waals surface area contributed by atoms with E-state index < -0.39 is 10.0 Å². The van der Waals surface area contributed by atoms with Crippen molar-refractivity contribution in [1.82, 2.24) is 9.21 Å². The summed E-state index contributed by atoms with van der Waals surface area (Å²) in [5.74, 6) is 0. The second-order valence-corrected chi connectivity index (χ2v) is 7.48. The van der Waals surface area contributed by atoms with Crippen LogP contribution in [0.3, 0.4) is 0 Å². The molecule has 106 valence electrons. The summed E-state index contributed by atoms with van der Waals surface area (Å²) < 4.78 is 26.6. The molecule has 0 aromatic rings. The van der Waals surface area contributed by atoms with E-state index in [2.05, 4.69) is 4.90 Å². The van der Waals surface area contributed by atoms with Crippen LogP contribution in [0.25, 0.3) is 0 Å². The van der Waals surface area contributed by atoms with Crippen LogP contribution in [0.15, 0.2) is 0 Å². The maximum absolute atomic E-state index is 12.5. The quantitative estimate of drug-likeness (QED) is 0.800. The molecule has 1 heterocycles. The summed E-state index contributed by atoms with van der Waals surface area (Å²) in [4.78, 5) is 2.14. The zero-order valence-electron chi connectivity index (χ0n) is 10.9. The molecule has 0 spiro atoms. The first-order chi connectivity index (χ1) is 8.64. The van der Waals surface area contributed by atoms with E-state index in [1.54, 1.807) is 4.31 Å². The summed E-state index contributed by atoms with van der Waals surface area (Å²) >= 11 is 0. The predicted molar refractivity (Wildman–Crippen MR) is 70.9 cm³/mol. The van der Waals surface area contributed by atoms with Crippen molar-refractivity contribution in [2.24, 2.45) is 0 Å². The fraction of sp³-hybridized carbons (Fsp3) is 1.00. The molecule has 1 N–H and O–H groups in total. The summed E-state index contributed by atoms with van der Waals surface area (Å²) in [6.07, 6.45) is 4.63. The number of β-amino-alcohol motifs (C(OH)–C–C–N with tert-alkyl or cyclic N) is 1. The number of hydrogen-bond donors (Lipinski definition) is 1. The van der Waals surface area contributed by atoms with Gasteiger partial charge in [-0.25, -0.2) is 12.7 Å². The topological polar surface area (TPSA) is 60.9 Å². The molecule has 0 atom stereocenters. The fourth-order valence-corrected chi connectivity index (χ4v) is 5.03. The number of rotatable bonds is 4. The predicted octanol–water partition coefficient (Wildman–Crippen LogP) is 0.259. The minimum atomic E-state index is -3.08. The van der Waals surface area contributed by atoms with Gasteiger partial charge in [-0.3, -0.25) is 4.90 Å². The Bertz CT molecular complexity index is 352. The number of aliphatic hydroxyl groups is 1. The van der Waals surface area contributed by atoms with Gasteiger partial charge in [-0.1, -0.05) is 12.8 Å². The fourth-order valence-electron chi connectivity index (χ4n) is 2.96. The van der Waals surface area contributed by atoms with Gasteiger partial charge in [0.2, 0.25) is 10.0 Å². The lowest BCUT2D eigenvalue weighted by Crippen LogP contribution is -2.40. The van der Waals surface area contributed by atoms with Crippen LogP contribution in [-0.2, 0) is 10.0 Å². The van der Waals surface area contributed by atoms with E-state index in [4.69, 9.17) is 5.11 Å². The monoisotopic (exact) mass is 276 g/mol. The molecule has 18 heavy (non-hydrogen) atoms. The van der Waals surface area contributed by atoms with Crippen molar-refractivity contribution in [2.45, 2.75) is 37.4 Å². The maximum atomic E-state index is 12.5. The van der Waals surface area contributed by atoms with E-state index in [-0.39, 0.29) is 11.9 Å². The highest BCUT2D eigenvalue weighted by atomic mass is 32.2. The Hall–Kier alpha value is -0.170. The second kappa shape index (κ2) is 6.32. The molecule has 1 aliphatic heterocycles. The lowest BCUT2D eigenvalue weighted by molar-refractivity contribution is 0.202. The van der Waals surface area contributed by atoms with Gasteiger partial charge in [0, 0.05) is 26.2 Å². The Balaban J connectivity index is 1.96. The van der Waals surface area contributed by atoms with Gasteiger partial charge in [0.15, 0.2) is 0 Å². The lowest BCUT2D eigenvalue weighted by atomic mass is 10.4. The van der Waals surface area contributed by atoms with Crippen LogP contribution < -0.4 is 0 Å². The third-order valence-electron chi connectivity index (χ3n) is 4.05. The molecular formula is C12H24N2O3S. The molecule has 0 amide bonds. The van der Waals surface area contributed by atoms with Crippen LogP contribution in [0.2, 0.25) is 0 Å². The van der Waals surface area contributed by atoms with Crippen molar-refractivity contribution < 1.29 is 13.5 Å². The van der Waals surface area contributed by atoms with E-state index in [0.717, 1.165) is 45.2 Å². The van der Waals surface area contributed by atoms with Crippen molar-refractivity contribution in [2.75, 3.05) is 39.3 Å². The maximum Gasteiger partial charge on any atom is 0.217 e. The van der Waals surface area contributed by atoms with E-state index in [1.165, 1.54) is 0 Å². The molecule has 0 aromatic carbocycles. The first-order valence-corrected chi connectivity index (χ1v) is 8.47. The molecule has 1 saturated carbocycles. The van der Waals surface area contributed by atoms with E-state index >= 15 is 0 Å².